The van der Waals surface area contributed by atoms with Gasteiger partial charge in [-0.05, 0) is 36.4 Å². The third-order valence-corrected chi connectivity index (χ3v) is 3.93. The van der Waals surface area contributed by atoms with Crippen molar-refractivity contribution in [1.29, 1.82) is 5.41 Å². The van der Waals surface area contributed by atoms with Gasteiger partial charge in [0.25, 0.3) is 0 Å². The summed E-state index contributed by atoms with van der Waals surface area (Å²) in [7, 11) is 0. The Morgan fingerprint density at radius 3 is 2.53 bits per heavy atom. The molecule has 0 radical (unpaired) electrons. The fourth-order valence-electron chi connectivity index (χ4n) is 1.48. The summed E-state index contributed by atoms with van der Waals surface area (Å²) in [5, 5.41) is 7.49. The summed E-state index contributed by atoms with van der Waals surface area (Å²) in [6, 6.07) is 8.36. The van der Waals surface area contributed by atoms with Gasteiger partial charge in [0.05, 0.1) is 4.90 Å². The van der Waals surface area contributed by atoms with Crippen LogP contribution in [0.1, 0.15) is 5.56 Å². The Bertz CT molecular complexity index is 647. The lowest BCUT2D eigenvalue weighted by Gasteiger charge is -2.09. The van der Waals surface area contributed by atoms with E-state index in [0.717, 1.165) is 34.4 Å². The molecule has 0 atom stereocenters. The minimum atomic E-state index is -0.513. The van der Waals surface area contributed by atoms with E-state index >= 15 is 0 Å². The van der Waals surface area contributed by atoms with Crippen molar-refractivity contribution in [3.8, 4) is 0 Å². The summed E-state index contributed by atoms with van der Waals surface area (Å²) in [4.78, 5) is 0.743. The van der Waals surface area contributed by atoms with Gasteiger partial charge >= 0.3 is 0 Å². The summed E-state index contributed by atoms with van der Waals surface area (Å²) in [6.45, 7) is 0. The molecule has 0 saturated carbocycles. The number of amidine groups is 1. The van der Waals surface area contributed by atoms with Gasteiger partial charge in [0.15, 0.2) is 0 Å². The molecule has 0 bridgehead atoms. The van der Waals surface area contributed by atoms with Crippen LogP contribution >= 0.6 is 27.7 Å². The molecule has 2 aromatic carbocycles. The molecule has 0 amide bonds. The molecule has 0 aliphatic carbocycles. The smallest absolute Gasteiger partial charge is 0.137 e. The first-order chi connectivity index (χ1) is 8.97. The number of halogens is 3. The predicted octanol–water partition coefficient (Wildman–Crippen LogP) is 4.16. The summed E-state index contributed by atoms with van der Waals surface area (Å²) in [5.41, 5.74) is 5.96. The first kappa shape index (κ1) is 14.0. The molecule has 2 aromatic rings. The average Bonchev–Trinajstić information content (AvgIpc) is 2.33. The summed E-state index contributed by atoms with van der Waals surface area (Å²) in [5.74, 6) is -1.14. The van der Waals surface area contributed by atoms with Crippen LogP contribution in [0, 0.1) is 17.0 Å². The highest BCUT2D eigenvalue weighted by atomic mass is 79.9. The second-order valence-corrected chi connectivity index (χ2v) is 5.73. The first-order valence-electron chi connectivity index (χ1n) is 5.24. The molecule has 0 spiro atoms. The second-order valence-electron chi connectivity index (χ2n) is 3.73. The van der Waals surface area contributed by atoms with E-state index in [4.69, 9.17) is 11.1 Å². The van der Waals surface area contributed by atoms with Crippen LogP contribution in [-0.2, 0) is 0 Å². The zero-order valence-corrected chi connectivity index (χ0v) is 12.0. The number of benzene rings is 2. The molecule has 0 unspecified atom stereocenters. The molecule has 0 aliphatic rings. The molecular weight excluding hydrogens is 334 g/mol. The number of hydrogen-bond acceptors (Lipinski definition) is 2. The predicted molar refractivity (Wildman–Crippen MR) is 75.6 cm³/mol. The van der Waals surface area contributed by atoms with Crippen LogP contribution in [0.25, 0.3) is 0 Å². The molecular formula is C13H9BrF2N2S. The van der Waals surface area contributed by atoms with Gasteiger partial charge in [0.1, 0.15) is 17.5 Å². The highest BCUT2D eigenvalue weighted by molar-refractivity contribution is 9.10. The minimum Gasteiger partial charge on any atom is -0.384 e. The molecule has 98 valence electrons. The highest BCUT2D eigenvalue weighted by Crippen LogP contribution is 2.34. The van der Waals surface area contributed by atoms with Crippen LogP contribution in [0.2, 0.25) is 0 Å². The quantitative estimate of drug-likeness (QED) is 0.649. The molecule has 2 nitrogen and oxygen atoms in total. The van der Waals surface area contributed by atoms with Crippen molar-refractivity contribution in [3.63, 3.8) is 0 Å². The van der Waals surface area contributed by atoms with E-state index in [1.807, 2.05) is 0 Å². The van der Waals surface area contributed by atoms with E-state index < -0.39 is 11.6 Å². The van der Waals surface area contributed by atoms with E-state index in [1.54, 1.807) is 18.2 Å². The first-order valence-corrected chi connectivity index (χ1v) is 6.85. The lowest BCUT2D eigenvalue weighted by Crippen LogP contribution is -2.12. The van der Waals surface area contributed by atoms with E-state index in [0.29, 0.717) is 10.5 Å². The third-order valence-electron chi connectivity index (χ3n) is 2.35. The van der Waals surface area contributed by atoms with Gasteiger partial charge in [-0.2, -0.15) is 0 Å². The standard InChI is InChI=1S/C13H9BrF2N2S/c14-7-1-3-9(13(17)18)11(5-7)19-12-6-8(15)2-4-10(12)16/h1-6H,(H3,17,18). The van der Waals surface area contributed by atoms with Crippen LogP contribution in [0.15, 0.2) is 50.7 Å². The average molecular weight is 343 g/mol. The molecule has 3 N–H and O–H groups in total. The van der Waals surface area contributed by atoms with E-state index in [9.17, 15) is 8.78 Å². The third kappa shape index (κ3) is 3.33. The Labute approximate surface area is 121 Å². The Kier molecular flexibility index (Phi) is 4.21. The van der Waals surface area contributed by atoms with Gasteiger partial charge in [-0.25, -0.2) is 8.78 Å². The molecule has 6 heteroatoms. The normalized spacial score (nSPS) is 10.5. The molecule has 19 heavy (non-hydrogen) atoms. The van der Waals surface area contributed by atoms with Crippen LogP contribution in [0.5, 0.6) is 0 Å². The van der Waals surface area contributed by atoms with E-state index in [2.05, 4.69) is 15.9 Å². The molecule has 0 heterocycles. The van der Waals surface area contributed by atoms with Gasteiger partial charge in [0.2, 0.25) is 0 Å². The Morgan fingerprint density at radius 1 is 1.11 bits per heavy atom. The lowest BCUT2D eigenvalue weighted by atomic mass is 10.2. The van der Waals surface area contributed by atoms with Crippen LogP contribution in [-0.4, -0.2) is 5.84 Å². The maximum atomic E-state index is 13.6. The molecule has 0 aromatic heterocycles. The topological polar surface area (TPSA) is 49.9 Å². The van der Waals surface area contributed by atoms with Crippen molar-refractivity contribution in [2.45, 2.75) is 9.79 Å². The van der Waals surface area contributed by atoms with Crippen molar-refractivity contribution >= 4 is 33.5 Å². The van der Waals surface area contributed by atoms with Gasteiger partial charge in [-0.3, -0.25) is 5.41 Å². The molecule has 0 saturated heterocycles. The largest absolute Gasteiger partial charge is 0.384 e. The maximum Gasteiger partial charge on any atom is 0.137 e. The molecule has 2 rings (SSSR count). The highest BCUT2D eigenvalue weighted by Gasteiger charge is 2.11. The zero-order valence-electron chi connectivity index (χ0n) is 9.58. The number of nitrogen functional groups attached to an aromatic ring is 1. The SMILES string of the molecule is N=C(N)c1ccc(Br)cc1Sc1cc(F)ccc1F. The Morgan fingerprint density at radius 2 is 1.84 bits per heavy atom. The monoisotopic (exact) mass is 342 g/mol. The Balaban J connectivity index is 2.45. The number of rotatable bonds is 3. The van der Waals surface area contributed by atoms with Crippen molar-refractivity contribution in [2.75, 3.05) is 0 Å². The number of nitrogens with one attached hydrogen (secondary N) is 1. The maximum absolute atomic E-state index is 13.6. The fraction of sp³-hybridized carbons (Fsp3) is 0. The van der Waals surface area contributed by atoms with E-state index in [-0.39, 0.29) is 10.7 Å². The summed E-state index contributed by atoms with van der Waals surface area (Å²) >= 11 is 4.33. The molecule has 0 aliphatic heterocycles. The summed E-state index contributed by atoms with van der Waals surface area (Å²) < 4.78 is 27.5. The lowest BCUT2D eigenvalue weighted by molar-refractivity contribution is 0.577. The number of hydrogen-bond donors (Lipinski definition) is 2. The van der Waals surface area contributed by atoms with Gasteiger partial charge in [-0.15, -0.1) is 0 Å². The second kappa shape index (κ2) is 5.71. The van der Waals surface area contributed by atoms with Gasteiger partial charge in [0, 0.05) is 14.9 Å². The van der Waals surface area contributed by atoms with Crippen LogP contribution in [0.4, 0.5) is 8.78 Å². The Hall–Kier alpha value is -1.40. The minimum absolute atomic E-state index is 0.119. The van der Waals surface area contributed by atoms with Gasteiger partial charge < -0.3 is 5.73 Å². The van der Waals surface area contributed by atoms with Crippen LogP contribution < -0.4 is 5.73 Å². The van der Waals surface area contributed by atoms with Crippen LogP contribution in [0.3, 0.4) is 0 Å². The van der Waals surface area contributed by atoms with Crippen molar-refractivity contribution < 1.29 is 8.78 Å². The molecule has 0 fully saturated rings. The van der Waals surface area contributed by atoms with Crippen molar-refractivity contribution in [1.82, 2.24) is 0 Å². The van der Waals surface area contributed by atoms with E-state index in [1.165, 1.54) is 0 Å². The summed E-state index contributed by atoms with van der Waals surface area (Å²) in [6.07, 6.45) is 0. The van der Waals surface area contributed by atoms with Crippen molar-refractivity contribution in [2.24, 2.45) is 5.73 Å². The number of nitrogens with two attached hydrogens (primary N) is 1. The zero-order chi connectivity index (χ0) is 14.0. The fourth-order valence-corrected chi connectivity index (χ4v) is 3.04. The van der Waals surface area contributed by atoms with Gasteiger partial charge in [-0.1, -0.05) is 27.7 Å². The van der Waals surface area contributed by atoms with Crippen molar-refractivity contribution in [3.05, 3.63) is 58.1 Å².